The van der Waals surface area contributed by atoms with Gasteiger partial charge in [0.1, 0.15) is 5.70 Å². The molecule has 64 valence electrons. The zero-order chi connectivity index (χ0) is 8.69. The van der Waals surface area contributed by atoms with Gasteiger partial charge in [-0.05, 0) is 13.3 Å². The van der Waals surface area contributed by atoms with Gasteiger partial charge in [0, 0.05) is 6.54 Å². The maximum Gasteiger partial charge on any atom is 0.353 e. The molecule has 0 aromatic heterocycles. The highest BCUT2D eigenvalue weighted by molar-refractivity contribution is 5.86. The molecule has 3 heteroatoms. The molecule has 0 saturated heterocycles. The van der Waals surface area contributed by atoms with E-state index in [9.17, 15) is 4.79 Å². The van der Waals surface area contributed by atoms with Crippen molar-refractivity contribution in [1.29, 1.82) is 0 Å². The molecule has 0 rings (SSSR count). The van der Waals surface area contributed by atoms with Crippen molar-refractivity contribution < 1.29 is 9.53 Å². The van der Waals surface area contributed by atoms with Crippen LogP contribution in [0.3, 0.4) is 0 Å². The molecule has 0 aliphatic rings. The van der Waals surface area contributed by atoms with Crippen molar-refractivity contribution in [1.82, 2.24) is 5.32 Å². The zero-order valence-corrected chi connectivity index (χ0v) is 7.14. The van der Waals surface area contributed by atoms with E-state index in [1.807, 2.05) is 6.92 Å². The molecule has 0 atom stereocenters. The van der Waals surface area contributed by atoms with Crippen LogP contribution in [0.25, 0.3) is 0 Å². The summed E-state index contributed by atoms with van der Waals surface area (Å²) in [6, 6.07) is 0. The van der Waals surface area contributed by atoms with E-state index in [1.165, 1.54) is 0 Å². The first-order valence-corrected chi connectivity index (χ1v) is 3.82. The largest absolute Gasteiger partial charge is 0.461 e. The highest BCUT2D eigenvalue weighted by Crippen LogP contribution is 1.89. The Hall–Kier alpha value is -0.990. The van der Waals surface area contributed by atoms with Gasteiger partial charge in [-0.2, -0.15) is 0 Å². The Kier molecular flexibility index (Phi) is 5.25. The first-order valence-electron chi connectivity index (χ1n) is 3.82. The molecule has 0 aromatic rings. The predicted molar refractivity (Wildman–Crippen MR) is 44.1 cm³/mol. The summed E-state index contributed by atoms with van der Waals surface area (Å²) in [4.78, 5) is 10.9. The van der Waals surface area contributed by atoms with E-state index < -0.39 is 0 Å². The van der Waals surface area contributed by atoms with Gasteiger partial charge in [-0.25, -0.2) is 4.79 Å². The van der Waals surface area contributed by atoms with Gasteiger partial charge in [-0.3, -0.25) is 0 Å². The Balaban J connectivity index is 3.56. The van der Waals surface area contributed by atoms with Crippen LogP contribution in [0.4, 0.5) is 0 Å². The molecule has 1 N–H and O–H groups in total. The van der Waals surface area contributed by atoms with Crippen LogP contribution in [0, 0.1) is 0 Å². The fourth-order valence-corrected chi connectivity index (χ4v) is 0.566. The maximum atomic E-state index is 10.9. The first kappa shape index (κ1) is 10.0. The molecule has 0 spiro atoms. The lowest BCUT2D eigenvalue weighted by atomic mass is 10.4. The highest BCUT2D eigenvalue weighted by Gasteiger charge is 2.04. The van der Waals surface area contributed by atoms with Gasteiger partial charge in [0.15, 0.2) is 0 Å². The molecular weight excluding hydrogens is 142 g/mol. The third-order valence-corrected chi connectivity index (χ3v) is 1.11. The number of nitrogens with one attached hydrogen (secondary N) is 1. The molecule has 0 unspecified atom stereocenters. The van der Waals surface area contributed by atoms with Gasteiger partial charge in [-0.1, -0.05) is 13.5 Å². The molecule has 0 fully saturated rings. The molecule has 0 aromatic carbocycles. The lowest BCUT2D eigenvalue weighted by Crippen LogP contribution is -2.21. The van der Waals surface area contributed by atoms with Crippen molar-refractivity contribution in [3.8, 4) is 0 Å². The minimum atomic E-state index is -0.360. The fourth-order valence-electron chi connectivity index (χ4n) is 0.566. The SMILES string of the molecule is C=C(NCCC)C(=O)OCC. The van der Waals surface area contributed by atoms with Gasteiger partial charge in [0.05, 0.1) is 6.61 Å². The lowest BCUT2D eigenvalue weighted by Gasteiger charge is -2.06. The quantitative estimate of drug-likeness (QED) is 0.479. The molecule has 3 nitrogen and oxygen atoms in total. The molecule has 0 radical (unpaired) electrons. The molecule has 11 heavy (non-hydrogen) atoms. The number of hydrogen-bond donors (Lipinski definition) is 1. The summed E-state index contributed by atoms with van der Waals surface area (Å²) in [7, 11) is 0. The van der Waals surface area contributed by atoms with Crippen LogP contribution in [0.15, 0.2) is 12.3 Å². The standard InChI is InChI=1S/C8H15NO2/c1-4-6-9-7(3)8(10)11-5-2/h9H,3-6H2,1-2H3. The molecule has 0 saturated carbocycles. The second kappa shape index (κ2) is 5.77. The van der Waals surface area contributed by atoms with Crippen LogP contribution < -0.4 is 5.32 Å². The summed E-state index contributed by atoms with van der Waals surface area (Å²) in [5.74, 6) is -0.360. The maximum absolute atomic E-state index is 10.9. The van der Waals surface area contributed by atoms with Gasteiger partial charge in [0.25, 0.3) is 0 Å². The summed E-state index contributed by atoms with van der Waals surface area (Å²) < 4.78 is 4.70. The van der Waals surface area contributed by atoms with Crippen molar-refractivity contribution in [3.63, 3.8) is 0 Å². The van der Waals surface area contributed by atoms with Crippen molar-refractivity contribution in [2.45, 2.75) is 20.3 Å². The van der Waals surface area contributed by atoms with Crippen LogP contribution >= 0.6 is 0 Å². The molecule has 0 aliphatic heterocycles. The van der Waals surface area contributed by atoms with Crippen LogP contribution in [-0.2, 0) is 9.53 Å². The zero-order valence-electron chi connectivity index (χ0n) is 7.14. The highest BCUT2D eigenvalue weighted by atomic mass is 16.5. The average molecular weight is 157 g/mol. The van der Waals surface area contributed by atoms with Crippen molar-refractivity contribution in [2.24, 2.45) is 0 Å². The van der Waals surface area contributed by atoms with E-state index in [1.54, 1.807) is 6.92 Å². The van der Waals surface area contributed by atoms with Gasteiger partial charge < -0.3 is 10.1 Å². The fraction of sp³-hybridized carbons (Fsp3) is 0.625. The Labute approximate surface area is 67.4 Å². The van der Waals surface area contributed by atoms with E-state index in [0.717, 1.165) is 13.0 Å². The van der Waals surface area contributed by atoms with E-state index in [2.05, 4.69) is 11.9 Å². The average Bonchev–Trinajstić information content (AvgIpc) is 2.00. The third kappa shape index (κ3) is 4.42. The predicted octanol–water partition coefficient (Wildman–Crippen LogP) is 1.06. The Morgan fingerprint density at radius 3 is 2.64 bits per heavy atom. The smallest absolute Gasteiger partial charge is 0.353 e. The number of carbonyl (C=O) groups is 1. The van der Waals surface area contributed by atoms with Crippen LogP contribution in [-0.4, -0.2) is 19.1 Å². The van der Waals surface area contributed by atoms with Crippen LogP contribution in [0.5, 0.6) is 0 Å². The molecule has 0 heterocycles. The van der Waals surface area contributed by atoms with Gasteiger partial charge >= 0.3 is 5.97 Å². The van der Waals surface area contributed by atoms with Gasteiger partial charge in [0.2, 0.25) is 0 Å². The van der Waals surface area contributed by atoms with E-state index in [4.69, 9.17) is 4.74 Å². The Morgan fingerprint density at radius 1 is 1.55 bits per heavy atom. The van der Waals surface area contributed by atoms with E-state index in [-0.39, 0.29) is 5.97 Å². The second-order valence-corrected chi connectivity index (χ2v) is 2.13. The van der Waals surface area contributed by atoms with Gasteiger partial charge in [-0.15, -0.1) is 0 Å². The normalized spacial score (nSPS) is 8.91. The Morgan fingerprint density at radius 2 is 2.18 bits per heavy atom. The summed E-state index contributed by atoms with van der Waals surface area (Å²) >= 11 is 0. The summed E-state index contributed by atoms with van der Waals surface area (Å²) in [6.07, 6.45) is 0.971. The van der Waals surface area contributed by atoms with Crippen molar-refractivity contribution >= 4 is 5.97 Å². The number of rotatable bonds is 5. The summed E-state index contributed by atoms with van der Waals surface area (Å²) in [5.41, 5.74) is 0.341. The summed E-state index contributed by atoms with van der Waals surface area (Å²) in [6.45, 7) is 8.47. The number of hydrogen-bond acceptors (Lipinski definition) is 3. The Bertz CT molecular complexity index is 143. The minimum Gasteiger partial charge on any atom is -0.461 e. The van der Waals surface area contributed by atoms with Crippen LogP contribution in [0.1, 0.15) is 20.3 Å². The van der Waals surface area contributed by atoms with E-state index in [0.29, 0.717) is 12.3 Å². The number of ether oxygens (including phenoxy) is 1. The monoisotopic (exact) mass is 157 g/mol. The summed E-state index contributed by atoms with van der Waals surface area (Å²) in [5, 5.41) is 2.85. The lowest BCUT2D eigenvalue weighted by molar-refractivity contribution is -0.138. The van der Waals surface area contributed by atoms with E-state index >= 15 is 0 Å². The molecule has 0 amide bonds. The molecule has 0 bridgehead atoms. The molecular formula is C8H15NO2. The minimum absolute atomic E-state index is 0.341. The number of esters is 1. The topological polar surface area (TPSA) is 38.3 Å². The first-order chi connectivity index (χ1) is 5.22. The third-order valence-electron chi connectivity index (χ3n) is 1.11. The molecule has 0 aliphatic carbocycles. The number of carbonyl (C=O) groups excluding carboxylic acids is 1. The second-order valence-electron chi connectivity index (χ2n) is 2.13. The van der Waals surface area contributed by atoms with Crippen LogP contribution in [0.2, 0.25) is 0 Å². The van der Waals surface area contributed by atoms with Crippen molar-refractivity contribution in [2.75, 3.05) is 13.2 Å². The van der Waals surface area contributed by atoms with Crippen molar-refractivity contribution in [3.05, 3.63) is 12.3 Å².